The van der Waals surface area contributed by atoms with Gasteiger partial charge in [-0.15, -0.1) is 5.10 Å². The largest absolute Gasteiger partial charge is 0.318 e. The Balaban J connectivity index is 2.08. The van der Waals surface area contributed by atoms with Crippen molar-refractivity contribution in [3.8, 4) is 0 Å². The molecule has 0 aliphatic rings. The molecule has 2 N–H and O–H groups in total. The topological polar surface area (TPSA) is 83.6 Å². The zero-order valence-electron chi connectivity index (χ0n) is 9.07. The summed E-state index contributed by atoms with van der Waals surface area (Å²) in [5, 5.41) is 9.16. The first-order valence-electron chi connectivity index (χ1n) is 5.03. The molecule has 0 bridgehead atoms. The maximum absolute atomic E-state index is 11.7. The molecule has 2 heterocycles. The maximum atomic E-state index is 11.7. The third-order valence-corrected chi connectivity index (χ3v) is 2.52. The van der Waals surface area contributed by atoms with E-state index in [4.69, 9.17) is 0 Å². The van der Waals surface area contributed by atoms with Gasteiger partial charge in [0.25, 0.3) is 5.91 Å². The molecule has 2 aromatic heterocycles. The number of anilines is 1. The van der Waals surface area contributed by atoms with Gasteiger partial charge in [-0.25, -0.2) is 9.97 Å². The van der Waals surface area contributed by atoms with E-state index < -0.39 is 0 Å². The lowest BCUT2D eigenvalue weighted by Crippen LogP contribution is -2.13. The van der Waals surface area contributed by atoms with Crippen molar-refractivity contribution in [2.75, 3.05) is 5.32 Å². The molecule has 0 fully saturated rings. The van der Waals surface area contributed by atoms with Crippen LogP contribution in [0.5, 0.6) is 0 Å². The van der Waals surface area contributed by atoms with Crippen LogP contribution in [0.25, 0.3) is 0 Å². The van der Waals surface area contributed by atoms with Crippen LogP contribution in [0.3, 0.4) is 0 Å². The second-order valence-electron chi connectivity index (χ2n) is 3.28. The van der Waals surface area contributed by atoms with E-state index in [2.05, 4.69) is 41.4 Å². The molecule has 0 aromatic carbocycles. The quantitative estimate of drug-likeness (QED) is 0.846. The van der Waals surface area contributed by atoms with Gasteiger partial charge in [-0.3, -0.25) is 9.89 Å². The normalized spacial score (nSPS) is 10.2. The fourth-order valence-corrected chi connectivity index (χ4v) is 1.43. The average Bonchev–Trinajstić information content (AvgIpc) is 2.81. The number of hydrogen-bond donors (Lipinski definition) is 2. The Morgan fingerprint density at radius 3 is 2.94 bits per heavy atom. The number of hydrogen-bond acceptors (Lipinski definition) is 4. The van der Waals surface area contributed by atoms with Crippen LogP contribution < -0.4 is 5.32 Å². The summed E-state index contributed by atoms with van der Waals surface area (Å²) in [6.07, 6.45) is 2.26. The third kappa shape index (κ3) is 2.88. The Morgan fingerprint density at radius 1 is 1.53 bits per heavy atom. The highest BCUT2D eigenvalue weighted by Crippen LogP contribution is 2.11. The number of halogens is 1. The van der Waals surface area contributed by atoms with Gasteiger partial charge in [-0.1, -0.05) is 6.92 Å². The van der Waals surface area contributed by atoms with Crippen LogP contribution in [-0.2, 0) is 6.42 Å². The summed E-state index contributed by atoms with van der Waals surface area (Å²) in [5.74, 6) is 0.457. The van der Waals surface area contributed by atoms with Crippen molar-refractivity contribution in [2.45, 2.75) is 13.3 Å². The monoisotopic (exact) mass is 295 g/mol. The Kier molecular flexibility index (Phi) is 3.48. The summed E-state index contributed by atoms with van der Waals surface area (Å²) in [7, 11) is 0. The second-order valence-corrected chi connectivity index (χ2v) is 4.10. The van der Waals surface area contributed by atoms with E-state index in [-0.39, 0.29) is 11.7 Å². The number of nitrogens with one attached hydrogen (secondary N) is 2. The number of H-pyrrole nitrogens is 1. The minimum Gasteiger partial charge on any atom is -0.318 e. The average molecular weight is 296 g/mol. The van der Waals surface area contributed by atoms with Crippen molar-refractivity contribution >= 4 is 27.5 Å². The standard InChI is InChI=1S/C10H10BrN5O/c1-2-8-14-9(16-15-8)10(17)13-6-3-4-7(11)12-5-6/h3-5H,2H2,1H3,(H,13,17)(H,14,15,16). The summed E-state index contributed by atoms with van der Waals surface area (Å²) in [6.45, 7) is 1.93. The van der Waals surface area contributed by atoms with Crippen molar-refractivity contribution in [3.63, 3.8) is 0 Å². The SMILES string of the molecule is CCc1nc(C(=O)Nc2ccc(Br)nc2)n[nH]1. The number of amides is 1. The fourth-order valence-electron chi connectivity index (χ4n) is 1.19. The van der Waals surface area contributed by atoms with E-state index >= 15 is 0 Å². The molecule has 6 nitrogen and oxygen atoms in total. The minimum atomic E-state index is -0.356. The number of pyridine rings is 1. The van der Waals surface area contributed by atoms with Crippen molar-refractivity contribution in [1.29, 1.82) is 0 Å². The van der Waals surface area contributed by atoms with Gasteiger partial charge >= 0.3 is 0 Å². The Morgan fingerprint density at radius 2 is 2.35 bits per heavy atom. The third-order valence-electron chi connectivity index (χ3n) is 2.05. The highest BCUT2D eigenvalue weighted by Gasteiger charge is 2.11. The van der Waals surface area contributed by atoms with Crippen LogP contribution in [0.15, 0.2) is 22.9 Å². The molecule has 88 valence electrons. The first-order chi connectivity index (χ1) is 8.19. The molecular weight excluding hydrogens is 286 g/mol. The molecule has 17 heavy (non-hydrogen) atoms. The summed E-state index contributed by atoms with van der Waals surface area (Å²) in [4.78, 5) is 19.8. The van der Waals surface area contributed by atoms with Crippen molar-refractivity contribution < 1.29 is 4.79 Å². The van der Waals surface area contributed by atoms with Gasteiger partial charge in [-0.2, -0.15) is 0 Å². The minimum absolute atomic E-state index is 0.129. The number of carbonyl (C=O) groups excluding carboxylic acids is 1. The predicted octanol–water partition coefficient (Wildman–Crippen LogP) is 1.78. The van der Waals surface area contributed by atoms with Gasteiger partial charge in [0.1, 0.15) is 10.4 Å². The molecule has 0 saturated heterocycles. The van der Waals surface area contributed by atoms with Crippen LogP contribution in [0.1, 0.15) is 23.4 Å². The first kappa shape index (κ1) is 11.7. The molecule has 1 amide bonds. The number of nitrogens with zero attached hydrogens (tertiary/aromatic N) is 3. The van der Waals surface area contributed by atoms with Crippen molar-refractivity contribution in [1.82, 2.24) is 20.2 Å². The summed E-state index contributed by atoms with van der Waals surface area (Å²) in [6, 6.07) is 3.48. The second kappa shape index (κ2) is 5.05. The van der Waals surface area contributed by atoms with E-state index in [1.807, 2.05) is 6.92 Å². The molecule has 2 rings (SSSR count). The number of aromatic nitrogens is 4. The summed E-state index contributed by atoms with van der Waals surface area (Å²) >= 11 is 3.22. The van der Waals surface area contributed by atoms with Crippen molar-refractivity contribution in [3.05, 3.63) is 34.6 Å². The van der Waals surface area contributed by atoms with E-state index in [1.54, 1.807) is 18.3 Å². The molecule has 2 aromatic rings. The molecule has 0 aliphatic carbocycles. The van der Waals surface area contributed by atoms with Crippen LogP contribution >= 0.6 is 15.9 Å². The van der Waals surface area contributed by atoms with Crippen LogP contribution in [-0.4, -0.2) is 26.1 Å². The predicted molar refractivity (Wildman–Crippen MR) is 65.7 cm³/mol. The molecule has 0 spiro atoms. The first-order valence-corrected chi connectivity index (χ1v) is 5.82. The molecule has 0 atom stereocenters. The molecule has 0 unspecified atom stereocenters. The molecular formula is C10H10BrN5O. The molecule has 7 heteroatoms. The van der Waals surface area contributed by atoms with Gasteiger partial charge in [0, 0.05) is 6.42 Å². The highest BCUT2D eigenvalue weighted by molar-refractivity contribution is 9.10. The molecule has 0 saturated carbocycles. The maximum Gasteiger partial charge on any atom is 0.295 e. The van der Waals surface area contributed by atoms with Crippen LogP contribution in [0.2, 0.25) is 0 Å². The fraction of sp³-hybridized carbons (Fsp3) is 0.200. The van der Waals surface area contributed by atoms with Gasteiger partial charge in [0.2, 0.25) is 5.82 Å². The Labute approximate surface area is 106 Å². The van der Waals surface area contributed by atoms with Gasteiger partial charge in [-0.05, 0) is 28.1 Å². The zero-order valence-corrected chi connectivity index (χ0v) is 10.7. The van der Waals surface area contributed by atoms with Gasteiger partial charge in [0.05, 0.1) is 11.9 Å². The molecule has 0 radical (unpaired) electrons. The lowest BCUT2D eigenvalue weighted by atomic mass is 10.4. The lowest BCUT2D eigenvalue weighted by molar-refractivity contribution is 0.101. The lowest BCUT2D eigenvalue weighted by Gasteiger charge is -2.01. The smallest absolute Gasteiger partial charge is 0.295 e. The van der Waals surface area contributed by atoms with Crippen LogP contribution in [0, 0.1) is 0 Å². The number of aromatic amines is 1. The zero-order chi connectivity index (χ0) is 12.3. The van der Waals surface area contributed by atoms with Gasteiger partial charge in [0.15, 0.2) is 0 Å². The molecule has 0 aliphatic heterocycles. The van der Waals surface area contributed by atoms with Gasteiger partial charge < -0.3 is 5.32 Å². The van der Waals surface area contributed by atoms with E-state index in [1.165, 1.54) is 0 Å². The number of aryl methyl sites for hydroxylation is 1. The van der Waals surface area contributed by atoms with E-state index in [9.17, 15) is 4.79 Å². The highest BCUT2D eigenvalue weighted by atomic mass is 79.9. The van der Waals surface area contributed by atoms with Crippen LogP contribution in [0.4, 0.5) is 5.69 Å². The summed E-state index contributed by atoms with van der Waals surface area (Å²) in [5.41, 5.74) is 0.598. The Bertz CT molecular complexity index is 522. The van der Waals surface area contributed by atoms with E-state index in [0.717, 1.165) is 0 Å². The van der Waals surface area contributed by atoms with Crippen molar-refractivity contribution in [2.24, 2.45) is 0 Å². The summed E-state index contributed by atoms with van der Waals surface area (Å²) < 4.78 is 0.710. The number of rotatable bonds is 3. The Hall–Kier alpha value is -1.76. The number of carbonyl (C=O) groups is 1. The van der Waals surface area contributed by atoms with E-state index in [0.29, 0.717) is 22.5 Å².